The van der Waals surface area contributed by atoms with Gasteiger partial charge in [0.25, 0.3) is 0 Å². The van der Waals surface area contributed by atoms with E-state index in [1.54, 1.807) is 0 Å². The predicted molar refractivity (Wildman–Crippen MR) is 45.2 cm³/mol. The molecule has 0 unspecified atom stereocenters. The van der Waals surface area contributed by atoms with E-state index < -0.39 is 0 Å². The molecule has 1 atom stereocenters. The third-order valence-corrected chi connectivity index (χ3v) is 2.42. The van der Waals surface area contributed by atoms with E-state index in [2.05, 4.69) is 11.2 Å². The SMILES string of the molecule is CSCN1CCC[C@@H](O)C1. The van der Waals surface area contributed by atoms with Gasteiger partial charge in [-0.25, -0.2) is 0 Å². The van der Waals surface area contributed by atoms with Crippen molar-refractivity contribution in [3.63, 3.8) is 0 Å². The Kier molecular flexibility index (Phi) is 3.52. The molecule has 1 saturated heterocycles. The van der Waals surface area contributed by atoms with Gasteiger partial charge in [0.2, 0.25) is 0 Å². The summed E-state index contributed by atoms with van der Waals surface area (Å²) in [4.78, 5) is 2.30. The molecule has 10 heavy (non-hydrogen) atoms. The van der Waals surface area contributed by atoms with Gasteiger partial charge < -0.3 is 5.11 Å². The predicted octanol–water partition coefficient (Wildman–Crippen LogP) is 0.764. The van der Waals surface area contributed by atoms with Gasteiger partial charge >= 0.3 is 0 Å². The lowest BCUT2D eigenvalue weighted by Crippen LogP contribution is -2.37. The Morgan fingerprint density at radius 2 is 2.50 bits per heavy atom. The summed E-state index contributed by atoms with van der Waals surface area (Å²) in [5.74, 6) is 1.07. The Labute approximate surface area is 66.6 Å². The molecule has 0 aromatic heterocycles. The fourth-order valence-corrected chi connectivity index (χ4v) is 1.93. The smallest absolute Gasteiger partial charge is 0.0667 e. The van der Waals surface area contributed by atoms with Crippen LogP contribution in [-0.2, 0) is 0 Å². The van der Waals surface area contributed by atoms with Crippen molar-refractivity contribution >= 4 is 11.8 Å². The molecule has 3 heteroatoms. The van der Waals surface area contributed by atoms with Crippen molar-refractivity contribution in [1.82, 2.24) is 4.90 Å². The lowest BCUT2D eigenvalue weighted by molar-refractivity contribution is 0.0814. The summed E-state index contributed by atoms with van der Waals surface area (Å²) in [7, 11) is 0. The van der Waals surface area contributed by atoms with E-state index in [9.17, 15) is 5.11 Å². The highest BCUT2D eigenvalue weighted by Gasteiger charge is 2.15. The highest BCUT2D eigenvalue weighted by Crippen LogP contribution is 2.11. The Morgan fingerprint density at radius 1 is 1.70 bits per heavy atom. The van der Waals surface area contributed by atoms with Crippen LogP contribution in [0.15, 0.2) is 0 Å². The van der Waals surface area contributed by atoms with Gasteiger partial charge in [-0.1, -0.05) is 0 Å². The minimum absolute atomic E-state index is 0.0686. The zero-order valence-electron chi connectivity index (χ0n) is 6.42. The van der Waals surface area contributed by atoms with Crippen LogP contribution >= 0.6 is 11.8 Å². The molecule has 1 fully saturated rings. The molecule has 0 aromatic rings. The first-order valence-electron chi connectivity index (χ1n) is 3.72. The summed E-state index contributed by atoms with van der Waals surface area (Å²) in [6.07, 6.45) is 4.18. The summed E-state index contributed by atoms with van der Waals surface area (Å²) < 4.78 is 0. The zero-order valence-corrected chi connectivity index (χ0v) is 7.23. The molecular weight excluding hydrogens is 146 g/mol. The highest BCUT2D eigenvalue weighted by atomic mass is 32.2. The van der Waals surface area contributed by atoms with E-state index in [0.717, 1.165) is 31.8 Å². The standard InChI is InChI=1S/C7H15NOS/c1-10-6-8-4-2-3-7(9)5-8/h7,9H,2-6H2,1H3/t7-/m1/s1. The Hall–Kier alpha value is 0.270. The molecule has 0 amide bonds. The van der Waals surface area contributed by atoms with Crippen molar-refractivity contribution in [3.05, 3.63) is 0 Å². The van der Waals surface area contributed by atoms with Crippen molar-refractivity contribution in [2.75, 3.05) is 25.2 Å². The molecular formula is C7H15NOS. The summed E-state index contributed by atoms with van der Waals surface area (Å²) in [6.45, 7) is 2.04. The number of hydrogen-bond acceptors (Lipinski definition) is 3. The number of thioether (sulfide) groups is 1. The Morgan fingerprint density at radius 3 is 3.10 bits per heavy atom. The second-order valence-corrected chi connectivity index (χ2v) is 3.63. The monoisotopic (exact) mass is 161 g/mol. The van der Waals surface area contributed by atoms with Gasteiger partial charge in [-0.2, -0.15) is 0 Å². The Balaban J connectivity index is 2.18. The lowest BCUT2D eigenvalue weighted by Gasteiger charge is -2.28. The molecule has 0 saturated carbocycles. The maximum atomic E-state index is 9.26. The van der Waals surface area contributed by atoms with Gasteiger partial charge in [-0.15, -0.1) is 11.8 Å². The Bertz CT molecular complexity index is 97.6. The first-order valence-corrected chi connectivity index (χ1v) is 5.11. The summed E-state index contributed by atoms with van der Waals surface area (Å²) in [5.41, 5.74) is 0. The minimum Gasteiger partial charge on any atom is -0.392 e. The molecule has 0 spiro atoms. The first kappa shape index (κ1) is 8.37. The minimum atomic E-state index is -0.0686. The van der Waals surface area contributed by atoms with Crippen LogP contribution in [-0.4, -0.2) is 41.3 Å². The van der Waals surface area contributed by atoms with Crippen molar-refractivity contribution in [2.45, 2.75) is 18.9 Å². The fourth-order valence-electron chi connectivity index (χ4n) is 1.33. The second kappa shape index (κ2) is 4.21. The van der Waals surface area contributed by atoms with Crippen LogP contribution in [0.5, 0.6) is 0 Å². The number of likely N-dealkylation sites (tertiary alicyclic amines) is 1. The molecule has 1 heterocycles. The van der Waals surface area contributed by atoms with Gasteiger partial charge in [0.1, 0.15) is 0 Å². The van der Waals surface area contributed by atoms with Gasteiger partial charge in [0.05, 0.1) is 6.10 Å². The van der Waals surface area contributed by atoms with E-state index in [0.29, 0.717) is 0 Å². The molecule has 1 aliphatic rings. The average molecular weight is 161 g/mol. The molecule has 0 radical (unpaired) electrons. The third-order valence-electron chi connectivity index (χ3n) is 1.79. The van der Waals surface area contributed by atoms with Crippen molar-refractivity contribution in [1.29, 1.82) is 0 Å². The van der Waals surface area contributed by atoms with Crippen molar-refractivity contribution < 1.29 is 5.11 Å². The van der Waals surface area contributed by atoms with Crippen LogP contribution < -0.4 is 0 Å². The molecule has 1 N–H and O–H groups in total. The van der Waals surface area contributed by atoms with E-state index in [1.165, 1.54) is 0 Å². The van der Waals surface area contributed by atoms with Gasteiger partial charge in [0.15, 0.2) is 0 Å². The number of hydrogen-bond donors (Lipinski definition) is 1. The number of aliphatic hydroxyl groups excluding tert-OH is 1. The van der Waals surface area contributed by atoms with Crippen molar-refractivity contribution in [3.8, 4) is 0 Å². The van der Waals surface area contributed by atoms with Crippen LogP contribution in [0.4, 0.5) is 0 Å². The van der Waals surface area contributed by atoms with Gasteiger partial charge in [-0.3, -0.25) is 4.90 Å². The van der Waals surface area contributed by atoms with E-state index >= 15 is 0 Å². The number of nitrogens with zero attached hydrogens (tertiary/aromatic N) is 1. The summed E-state index contributed by atoms with van der Waals surface area (Å²) in [6, 6.07) is 0. The third kappa shape index (κ3) is 2.48. The normalized spacial score (nSPS) is 28.8. The largest absolute Gasteiger partial charge is 0.392 e. The number of β-amino-alcohol motifs (C(OH)–C–C–N with tert-alkyl or cyclic N) is 1. The molecule has 0 aromatic carbocycles. The highest BCUT2D eigenvalue weighted by molar-refractivity contribution is 7.98. The molecule has 0 bridgehead atoms. The second-order valence-electron chi connectivity index (χ2n) is 2.79. The van der Waals surface area contributed by atoms with E-state index in [1.807, 2.05) is 11.8 Å². The zero-order chi connectivity index (χ0) is 7.40. The fraction of sp³-hybridized carbons (Fsp3) is 1.00. The maximum Gasteiger partial charge on any atom is 0.0667 e. The van der Waals surface area contributed by atoms with Crippen LogP contribution in [0.3, 0.4) is 0 Å². The molecule has 1 rings (SSSR count). The van der Waals surface area contributed by atoms with E-state index in [4.69, 9.17) is 0 Å². The average Bonchev–Trinajstić information content (AvgIpc) is 1.88. The van der Waals surface area contributed by atoms with Crippen molar-refractivity contribution in [2.24, 2.45) is 0 Å². The maximum absolute atomic E-state index is 9.26. The lowest BCUT2D eigenvalue weighted by atomic mass is 10.1. The molecule has 60 valence electrons. The summed E-state index contributed by atoms with van der Waals surface area (Å²) >= 11 is 1.82. The molecule has 0 aliphatic carbocycles. The van der Waals surface area contributed by atoms with E-state index in [-0.39, 0.29) is 6.10 Å². The first-order chi connectivity index (χ1) is 4.83. The van der Waals surface area contributed by atoms with Gasteiger partial charge in [-0.05, 0) is 25.6 Å². The van der Waals surface area contributed by atoms with Crippen LogP contribution in [0.25, 0.3) is 0 Å². The summed E-state index contributed by atoms with van der Waals surface area (Å²) in [5, 5.41) is 9.26. The quantitative estimate of drug-likeness (QED) is 0.647. The number of piperidine rings is 1. The van der Waals surface area contributed by atoms with Crippen LogP contribution in [0, 0.1) is 0 Å². The number of aliphatic hydroxyl groups is 1. The molecule has 2 nitrogen and oxygen atoms in total. The van der Waals surface area contributed by atoms with Gasteiger partial charge in [0, 0.05) is 12.4 Å². The number of rotatable bonds is 2. The topological polar surface area (TPSA) is 23.5 Å². The van der Waals surface area contributed by atoms with Crippen LogP contribution in [0.2, 0.25) is 0 Å². The van der Waals surface area contributed by atoms with Crippen LogP contribution in [0.1, 0.15) is 12.8 Å². The molecule has 1 aliphatic heterocycles.